The van der Waals surface area contributed by atoms with E-state index in [-0.39, 0.29) is 12.7 Å². The summed E-state index contributed by atoms with van der Waals surface area (Å²) in [6.45, 7) is 3.95. The molecule has 8 heteroatoms. The van der Waals surface area contributed by atoms with Crippen LogP contribution >= 0.6 is 0 Å². The highest BCUT2D eigenvalue weighted by Crippen LogP contribution is 2.35. The van der Waals surface area contributed by atoms with Gasteiger partial charge in [-0.1, -0.05) is 12.1 Å². The highest BCUT2D eigenvalue weighted by atomic mass is 16.7. The van der Waals surface area contributed by atoms with Crippen molar-refractivity contribution in [2.75, 3.05) is 30.1 Å². The third-order valence-corrected chi connectivity index (χ3v) is 5.78. The Morgan fingerprint density at radius 1 is 1.00 bits per heavy atom. The minimum atomic E-state index is -0.697. The first-order valence-corrected chi connectivity index (χ1v) is 11.2. The predicted molar refractivity (Wildman–Crippen MR) is 125 cm³/mol. The highest BCUT2D eigenvalue weighted by molar-refractivity contribution is 5.94. The lowest BCUT2D eigenvalue weighted by Gasteiger charge is -2.27. The van der Waals surface area contributed by atoms with Gasteiger partial charge in [-0.3, -0.25) is 4.79 Å². The van der Waals surface area contributed by atoms with Crippen molar-refractivity contribution in [2.45, 2.75) is 32.3 Å². The molecule has 0 spiro atoms. The SMILES string of the molecule is CC(Oc1ccc2c(c1)OCO2)C(=O)Nc1cccc(-c2ccc(N3CCCCC3)nn2)c1. The fraction of sp³-hybridized carbons (Fsp3) is 0.320. The molecule has 2 aliphatic heterocycles. The first-order chi connectivity index (χ1) is 16.2. The van der Waals surface area contributed by atoms with Crippen molar-refractivity contribution in [3.8, 4) is 28.5 Å². The molecule has 8 nitrogen and oxygen atoms in total. The van der Waals surface area contributed by atoms with Gasteiger partial charge < -0.3 is 24.4 Å². The van der Waals surface area contributed by atoms with Crippen LogP contribution in [-0.4, -0.2) is 42.1 Å². The molecule has 1 saturated heterocycles. The molecule has 3 heterocycles. The van der Waals surface area contributed by atoms with Gasteiger partial charge in [-0.25, -0.2) is 0 Å². The Morgan fingerprint density at radius 2 is 1.85 bits per heavy atom. The Kier molecular flexibility index (Phi) is 5.97. The number of carbonyl (C=O) groups is 1. The minimum absolute atomic E-state index is 0.191. The van der Waals surface area contributed by atoms with E-state index >= 15 is 0 Å². The maximum atomic E-state index is 12.7. The van der Waals surface area contributed by atoms with E-state index in [0.717, 1.165) is 30.2 Å². The van der Waals surface area contributed by atoms with Gasteiger partial charge in [0.1, 0.15) is 5.75 Å². The summed E-state index contributed by atoms with van der Waals surface area (Å²) in [5.41, 5.74) is 2.31. The molecular formula is C25H26N4O4. The van der Waals surface area contributed by atoms with E-state index in [9.17, 15) is 4.79 Å². The molecule has 1 amide bonds. The van der Waals surface area contributed by atoms with E-state index in [1.165, 1.54) is 19.3 Å². The van der Waals surface area contributed by atoms with E-state index in [2.05, 4.69) is 20.4 Å². The van der Waals surface area contributed by atoms with Crippen molar-refractivity contribution < 1.29 is 19.0 Å². The molecule has 0 bridgehead atoms. The Morgan fingerprint density at radius 3 is 2.67 bits per heavy atom. The monoisotopic (exact) mass is 446 g/mol. The van der Waals surface area contributed by atoms with E-state index in [1.807, 2.05) is 36.4 Å². The van der Waals surface area contributed by atoms with Crippen LogP contribution in [-0.2, 0) is 4.79 Å². The largest absolute Gasteiger partial charge is 0.481 e. The number of hydrogen-bond acceptors (Lipinski definition) is 7. The number of ether oxygens (including phenoxy) is 3. The van der Waals surface area contributed by atoms with E-state index in [0.29, 0.717) is 22.9 Å². The van der Waals surface area contributed by atoms with Gasteiger partial charge in [-0.15, -0.1) is 10.2 Å². The Bertz CT molecular complexity index is 1130. The fourth-order valence-corrected chi connectivity index (χ4v) is 3.98. The normalized spacial score (nSPS) is 15.7. The quantitative estimate of drug-likeness (QED) is 0.605. The number of nitrogens with one attached hydrogen (secondary N) is 1. The van der Waals surface area contributed by atoms with Gasteiger partial charge in [0.15, 0.2) is 23.4 Å². The van der Waals surface area contributed by atoms with Gasteiger partial charge in [0, 0.05) is 30.4 Å². The molecule has 1 fully saturated rings. The van der Waals surface area contributed by atoms with Crippen molar-refractivity contribution in [3.05, 3.63) is 54.6 Å². The van der Waals surface area contributed by atoms with Crippen molar-refractivity contribution in [3.63, 3.8) is 0 Å². The zero-order valence-corrected chi connectivity index (χ0v) is 18.5. The van der Waals surface area contributed by atoms with E-state index in [4.69, 9.17) is 14.2 Å². The van der Waals surface area contributed by atoms with Crippen LogP contribution < -0.4 is 24.4 Å². The summed E-state index contributed by atoms with van der Waals surface area (Å²) in [6, 6.07) is 16.8. The molecule has 33 heavy (non-hydrogen) atoms. The summed E-state index contributed by atoms with van der Waals surface area (Å²) >= 11 is 0. The molecule has 170 valence electrons. The second-order valence-electron chi connectivity index (χ2n) is 8.17. The molecule has 3 aromatic rings. The second-order valence-corrected chi connectivity index (χ2v) is 8.17. The molecule has 2 aromatic carbocycles. The lowest BCUT2D eigenvalue weighted by atomic mass is 10.1. The first-order valence-electron chi connectivity index (χ1n) is 11.2. The van der Waals surface area contributed by atoms with Crippen molar-refractivity contribution in [2.24, 2.45) is 0 Å². The fourth-order valence-electron chi connectivity index (χ4n) is 3.98. The van der Waals surface area contributed by atoms with Crippen LogP contribution in [0.4, 0.5) is 11.5 Å². The Labute approximate surface area is 192 Å². The zero-order valence-electron chi connectivity index (χ0n) is 18.5. The van der Waals surface area contributed by atoms with Crippen LogP contribution in [0.1, 0.15) is 26.2 Å². The van der Waals surface area contributed by atoms with Crippen LogP contribution in [0, 0.1) is 0 Å². The molecule has 5 rings (SSSR count). The van der Waals surface area contributed by atoms with E-state index < -0.39 is 6.10 Å². The molecule has 2 aliphatic rings. The van der Waals surface area contributed by atoms with Crippen molar-refractivity contribution >= 4 is 17.4 Å². The van der Waals surface area contributed by atoms with Gasteiger partial charge in [0.05, 0.1) is 5.69 Å². The number of fused-ring (bicyclic) bond motifs is 1. The number of benzene rings is 2. The minimum Gasteiger partial charge on any atom is -0.481 e. The molecular weight excluding hydrogens is 420 g/mol. The molecule has 1 N–H and O–H groups in total. The van der Waals surface area contributed by atoms with Gasteiger partial charge in [-0.05, 0) is 62.6 Å². The van der Waals surface area contributed by atoms with Crippen LogP contribution in [0.3, 0.4) is 0 Å². The number of piperidine rings is 1. The maximum absolute atomic E-state index is 12.7. The summed E-state index contributed by atoms with van der Waals surface area (Å²) in [6.07, 6.45) is 2.97. The predicted octanol–water partition coefficient (Wildman–Crippen LogP) is 4.27. The number of rotatable bonds is 6. The lowest BCUT2D eigenvalue weighted by Crippen LogP contribution is -2.30. The summed E-state index contributed by atoms with van der Waals surface area (Å²) in [7, 11) is 0. The lowest BCUT2D eigenvalue weighted by molar-refractivity contribution is -0.122. The van der Waals surface area contributed by atoms with Crippen molar-refractivity contribution in [1.82, 2.24) is 10.2 Å². The van der Waals surface area contributed by atoms with Crippen LogP contribution in [0.25, 0.3) is 11.3 Å². The van der Waals surface area contributed by atoms with Gasteiger partial charge >= 0.3 is 0 Å². The molecule has 1 aromatic heterocycles. The zero-order chi connectivity index (χ0) is 22.6. The van der Waals surface area contributed by atoms with Gasteiger partial charge in [0.25, 0.3) is 5.91 Å². The topological polar surface area (TPSA) is 85.8 Å². The van der Waals surface area contributed by atoms with Crippen LogP contribution in [0.2, 0.25) is 0 Å². The molecule has 1 atom stereocenters. The molecule has 0 radical (unpaired) electrons. The number of anilines is 2. The number of nitrogens with zero attached hydrogens (tertiary/aromatic N) is 3. The van der Waals surface area contributed by atoms with Gasteiger partial charge in [-0.2, -0.15) is 0 Å². The van der Waals surface area contributed by atoms with Crippen LogP contribution in [0.15, 0.2) is 54.6 Å². The summed E-state index contributed by atoms with van der Waals surface area (Å²) in [4.78, 5) is 15.0. The summed E-state index contributed by atoms with van der Waals surface area (Å²) in [5.74, 6) is 2.48. The second kappa shape index (κ2) is 9.36. The average molecular weight is 447 g/mol. The molecule has 1 unspecified atom stereocenters. The summed E-state index contributed by atoms with van der Waals surface area (Å²) in [5, 5.41) is 11.7. The van der Waals surface area contributed by atoms with E-state index in [1.54, 1.807) is 25.1 Å². The summed E-state index contributed by atoms with van der Waals surface area (Å²) < 4.78 is 16.4. The third kappa shape index (κ3) is 4.84. The third-order valence-electron chi connectivity index (χ3n) is 5.78. The molecule has 0 aliphatic carbocycles. The van der Waals surface area contributed by atoms with Gasteiger partial charge in [0.2, 0.25) is 6.79 Å². The maximum Gasteiger partial charge on any atom is 0.265 e. The molecule has 0 saturated carbocycles. The number of hydrogen-bond donors (Lipinski definition) is 1. The smallest absolute Gasteiger partial charge is 0.265 e. The number of carbonyl (C=O) groups excluding carboxylic acids is 1. The number of amides is 1. The average Bonchev–Trinajstić information content (AvgIpc) is 3.33. The Hall–Kier alpha value is -3.81. The first kappa shape index (κ1) is 21.1. The Balaban J connectivity index is 1.23. The standard InChI is InChI=1S/C25H26N4O4/c1-17(33-20-8-10-22-23(15-20)32-16-31-22)25(30)26-19-7-5-6-18(14-19)21-9-11-24(28-27-21)29-12-3-2-4-13-29/h5-11,14-15,17H,2-4,12-13,16H2,1H3,(H,26,30). The highest BCUT2D eigenvalue weighted by Gasteiger charge is 2.19. The van der Waals surface area contributed by atoms with Crippen molar-refractivity contribution in [1.29, 1.82) is 0 Å². The number of aromatic nitrogens is 2. The van der Waals surface area contributed by atoms with Crippen LogP contribution in [0.5, 0.6) is 17.2 Å².